The molecule has 0 aliphatic carbocycles. The summed E-state index contributed by atoms with van der Waals surface area (Å²) in [5.74, 6) is 0. The lowest BCUT2D eigenvalue weighted by Crippen LogP contribution is -2.54. The molecule has 0 spiro atoms. The molecule has 3 aliphatic rings. The Labute approximate surface area is 162 Å². The van der Waals surface area contributed by atoms with E-state index in [0.29, 0.717) is 26.3 Å². The third-order valence-corrected chi connectivity index (χ3v) is 5.73. The molecule has 10 nitrogen and oxygen atoms in total. The van der Waals surface area contributed by atoms with Crippen LogP contribution in [0.1, 0.15) is 24.3 Å². The summed E-state index contributed by atoms with van der Waals surface area (Å²) < 4.78 is 12.0. The highest BCUT2D eigenvalue weighted by Gasteiger charge is 2.34. The van der Waals surface area contributed by atoms with Crippen LogP contribution in [0.4, 0.5) is 4.79 Å². The summed E-state index contributed by atoms with van der Waals surface area (Å²) in [6.07, 6.45) is 2.37. The van der Waals surface area contributed by atoms with E-state index >= 15 is 0 Å². The lowest BCUT2D eigenvalue weighted by molar-refractivity contribution is -0.0270. The van der Waals surface area contributed by atoms with E-state index < -0.39 is 0 Å². The molecule has 2 aromatic rings. The van der Waals surface area contributed by atoms with Gasteiger partial charge in [-0.2, -0.15) is 10.6 Å². The van der Waals surface area contributed by atoms with E-state index in [0.717, 1.165) is 36.2 Å². The molecule has 3 aliphatic heterocycles. The molecule has 3 fully saturated rings. The van der Waals surface area contributed by atoms with Crippen molar-refractivity contribution in [3.63, 3.8) is 0 Å². The lowest BCUT2D eigenvalue weighted by Gasteiger charge is -2.36. The van der Waals surface area contributed by atoms with Crippen LogP contribution in [0.3, 0.4) is 0 Å². The number of hydrogen-bond donors (Lipinski definition) is 1. The van der Waals surface area contributed by atoms with E-state index in [1.165, 1.54) is 7.11 Å². The van der Waals surface area contributed by atoms with E-state index in [2.05, 4.69) is 15.5 Å². The Hall–Kier alpha value is -2.27. The van der Waals surface area contributed by atoms with Crippen LogP contribution < -0.4 is 5.48 Å². The Morgan fingerprint density at radius 1 is 1.25 bits per heavy atom. The summed E-state index contributed by atoms with van der Waals surface area (Å²) in [7, 11) is 1.42. The number of methoxy groups -OCH3 is 1. The third kappa shape index (κ3) is 3.12. The summed E-state index contributed by atoms with van der Waals surface area (Å²) in [5, 5.41) is 5.49. The van der Waals surface area contributed by atoms with Crippen LogP contribution in [-0.4, -0.2) is 83.3 Å². The zero-order valence-corrected chi connectivity index (χ0v) is 15.8. The molecule has 5 rings (SSSR count). The van der Waals surface area contributed by atoms with Crippen molar-refractivity contribution >= 4 is 17.1 Å². The van der Waals surface area contributed by atoms with Crippen LogP contribution in [0.25, 0.3) is 11.0 Å². The summed E-state index contributed by atoms with van der Waals surface area (Å²) in [4.78, 5) is 26.4. The number of hydrogen-bond acceptors (Lipinski definition) is 8. The Morgan fingerprint density at radius 3 is 2.79 bits per heavy atom. The highest BCUT2D eigenvalue weighted by Crippen LogP contribution is 2.30. The summed E-state index contributed by atoms with van der Waals surface area (Å²) in [5.41, 5.74) is 4.92. The van der Waals surface area contributed by atoms with Crippen LogP contribution >= 0.6 is 0 Å². The lowest BCUT2D eigenvalue weighted by atomic mass is 10.1. The topological polar surface area (TPSA) is 94.0 Å². The molecule has 2 aromatic heterocycles. The minimum absolute atomic E-state index is 0.104. The van der Waals surface area contributed by atoms with Gasteiger partial charge in [-0.05, 0) is 12.1 Å². The molecule has 1 amide bonds. The van der Waals surface area contributed by atoms with Crippen molar-refractivity contribution in [1.82, 2.24) is 30.0 Å². The smallest absolute Gasteiger partial charge is 0.409 e. The normalized spacial score (nSPS) is 26.5. The SMILES string of the molecule is COC(=O)N1CCN(C2CC(c3ccc4cnn(C5COC5)c4n3)ON2)CC1. The van der Waals surface area contributed by atoms with Gasteiger partial charge < -0.3 is 14.4 Å². The molecule has 150 valence electrons. The van der Waals surface area contributed by atoms with Gasteiger partial charge in [-0.25, -0.2) is 14.5 Å². The maximum atomic E-state index is 11.6. The van der Waals surface area contributed by atoms with Gasteiger partial charge in [0.25, 0.3) is 0 Å². The highest BCUT2D eigenvalue weighted by atomic mass is 16.7. The molecule has 5 heterocycles. The number of amides is 1. The van der Waals surface area contributed by atoms with Crippen molar-refractivity contribution in [2.45, 2.75) is 24.7 Å². The predicted molar refractivity (Wildman–Crippen MR) is 98.3 cm³/mol. The van der Waals surface area contributed by atoms with E-state index in [1.54, 1.807) is 4.90 Å². The molecule has 10 heteroatoms. The highest BCUT2D eigenvalue weighted by molar-refractivity contribution is 5.74. The Bertz CT molecular complexity index is 861. The first-order valence-corrected chi connectivity index (χ1v) is 9.63. The molecule has 0 saturated carbocycles. The van der Waals surface area contributed by atoms with Crippen molar-refractivity contribution in [3.8, 4) is 0 Å². The quantitative estimate of drug-likeness (QED) is 0.820. The van der Waals surface area contributed by atoms with E-state index in [1.807, 2.05) is 23.0 Å². The number of hydroxylamine groups is 1. The Morgan fingerprint density at radius 2 is 2.07 bits per heavy atom. The summed E-state index contributed by atoms with van der Waals surface area (Å²) >= 11 is 0. The number of carbonyl (C=O) groups is 1. The number of carbonyl (C=O) groups excluding carboxylic acids is 1. The van der Waals surface area contributed by atoms with Crippen molar-refractivity contribution < 1.29 is 19.1 Å². The zero-order valence-electron chi connectivity index (χ0n) is 15.8. The van der Waals surface area contributed by atoms with Crippen LogP contribution in [0.15, 0.2) is 18.3 Å². The number of nitrogens with zero attached hydrogens (tertiary/aromatic N) is 5. The van der Waals surface area contributed by atoms with Crippen LogP contribution in [0.5, 0.6) is 0 Å². The van der Waals surface area contributed by atoms with E-state index in [4.69, 9.17) is 19.3 Å². The van der Waals surface area contributed by atoms with Crippen LogP contribution in [-0.2, 0) is 14.3 Å². The molecule has 0 bridgehead atoms. The second kappa shape index (κ2) is 7.28. The molecule has 1 N–H and O–H groups in total. The molecule has 3 saturated heterocycles. The fraction of sp³-hybridized carbons (Fsp3) is 0.611. The third-order valence-electron chi connectivity index (χ3n) is 5.73. The fourth-order valence-electron chi connectivity index (χ4n) is 3.96. The Balaban J connectivity index is 1.25. The molecule has 28 heavy (non-hydrogen) atoms. The number of piperazine rings is 1. The number of rotatable bonds is 3. The number of nitrogens with one attached hydrogen (secondary N) is 1. The molecule has 0 aromatic carbocycles. The molecular formula is C18H24N6O4. The number of aromatic nitrogens is 3. The minimum Gasteiger partial charge on any atom is -0.453 e. The van der Waals surface area contributed by atoms with Crippen molar-refractivity contribution in [3.05, 3.63) is 24.0 Å². The van der Waals surface area contributed by atoms with Gasteiger partial charge in [0.2, 0.25) is 0 Å². The molecule has 2 atom stereocenters. The minimum atomic E-state index is -0.265. The fourth-order valence-corrected chi connectivity index (χ4v) is 3.96. The van der Waals surface area contributed by atoms with Gasteiger partial charge in [0, 0.05) is 38.0 Å². The van der Waals surface area contributed by atoms with Gasteiger partial charge in [-0.15, -0.1) is 0 Å². The summed E-state index contributed by atoms with van der Waals surface area (Å²) in [6.45, 7) is 4.24. The van der Waals surface area contributed by atoms with Gasteiger partial charge in [0.05, 0.1) is 38.4 Å². The molecule has 2 unspecified atom stereocenters. The first-order valence-electron chi connectivity index (χ1n) is 9.63. The average Bonchev–Trinajstić information content (AvgIpc) is 3.34. The van der Waals surface area contributed by atoms with Gasteiger partial charge in [0.1, 0.15) is 12.1 Å². The predicted octanol–water partition coefficient (Wildman–Crippen LogP) is 0.679. The number of fused-ring (bicyclic) bond motifs is 1. The van der Waals surface area contributed by atoms with Crippen LogP contribution in [0.2, 0.25) is 0 Å². The largest absolute Gasteiger partial charge is 0.453 e. The number of ether oxygens (including phenoxy) is 2. The first kappa shape index (κ1) is 17.8. The monoisotopic (exact) mass is 388 g/mol. The Kier molecular flexibility index (Phi) is 4.63. The zero-order chi connectivity index (χ0) is 19.1. The molecular weight excluding hydrogens is 364 g/mol. The second-order valence-electron chi connectivity index (χ2n) is 7.40. The van der Waals surface area contributed by atoms with E-state index in [-0.39, 0.29) is 24.4 Å². The van der Waals surface area contributed by atoms with Gasteiger partial charge >= 0.3 is 6.09 Å². The maximum Gasteiger partial charge on any atom is 0.409 e. The average molecular weight is 388 g/mol. The van der Waals surface area contributed by atoms with Gasteiger partial charge in [-0.1, -0.05) is 0 Å². The van der Waals surface area contributed by atoms with Crippen molar-refractivity contribution in [2.24, 2.45) is 0 Å². The van der Waals surface area contributed by atoms with Gasteiger partial charge in [-0.3, -0.25) is 9.74 Å². The van der Waals surface area contributed by atoms with Crippen LogP contribution in [0, 0.1) is 0 Å². The second-order valence-corrected chi connectivity index (χ2v) is 7.40. The van der Waals surface area contributed by atoms with Crippen molar-refractivity contribution in [1.29, 1.82) is 0 Å². The maximum absolute atomic E-state index is 11.6. The molecule has 0 radical (unpaired) electrons. The van der Waals surface area contributed by atoms with E-state index in [9.17, 15) is 4.79 Å². The van der Waals surface area contributed by atoms with Gasteiger partial charge in [0.15, 0.2) is 5.65 Å². The summed E-state index contributed by atoms with van der Waals surface area (Å²) in [6, 6.07) is 4.32. The first-order chi connectivity index (χ1) is 13.7. The van der Waals surface area contributed by atoms with Crippen molar-refractivity contribution in [2.75, 3.05) is 46.5 Å². The number of pyridine rings is 1. The standard InChI is InChI=1S/C18H24N6O4/c1-26-18(25)23-6-4-22(5-7-23)16-8-15(28-21-16)14-3-2-12-9-19-24(17(12)20-14)13-10-27-11-13/h2-3,9,13,15-16,21H,4-8,10-11H2,1H3.